The molecule has 3 rings (SSSR count). The Hall–Kier alpha value is -1.75. The first kappa shape index (κ1) is 10.4. The van der Waals surface area contributed by atoms with Gasteiger partial charge in [-0.05, 0) is 6.07 Å². The van der Waals surface area contributed by atoms with E-state index in [0.717, 1.165) is 17.1 Å². The van der Waals surface area contributed by atoms with Gasteiger partial charge in [0.05, 0.1) is 6.04 Å². The Morgan fingerprint density at radius 2 is 2.24 bits per heavy atom. The van der Waals surface area contributed by atoms with E-state index in [2.05, 4.69) is 10.6 Å². The van der Waals surface area contributed by atoms with E-state index in [-0.39, 0.29) is 18.7 Å². The zero-order valence-electron chi connectivity index (χ0n) is 9.36. The first-order valence-electron chi connectivity index (χ1n) is 5.73. The van der Waals surface area contributed by atoms with E-state index in [4.69, 9.17) is 9.47 Å². The van der Waals surface area contributed by atoms with Gasteiger partial charge in [-0.15, -0.1) is 0 Å². The maximum Gasteiger partial charge on any atom is 0.231 e. The van der Waals surface area contributed by atoms with Crippen molar-refractivity contribution in [2.45, 2.75) is 12.5 Å². The molecule has 0 radical (unpaired) electrons. The molecule has 0 aromatic heterocycles. The minimum absolute atomic E-state index is 0.0816. The van der Waals surface area contributed by atoms with Crippen molar-refractivity contribution in [1.82, 2.24) is 10.6 Å². The summed E-state index contributed by atoms with van der Waals surface area (Å²) >= 11 is 0. The molecule has 1 saturated heterocycles. The molecule has 2 heterocycles. The largest absolute Gasteiger partial charge is 0.454 e. The molecule has 17 heavy (non-hydrogen) atoms. The van der Waals surface area contributed by atoms with Gasteiger partial charge in [0, 0.05) is 25.1 Å². The average molecular weight is 234 g/mol. The smallest absolute Gasteiger partial charge is 0.231 e. The molecule has 2 aliphatic heterocycles. The second-order valence-electron chi connectivity index (χ2n) is 4.14. The van der Waals surface area contributed by atoms with Gasteiger partial charge in [-0.1, -0.05) is 12.1 Å². The summed E-state index contributed by atoms with van der Waals surface area (Å²) in [7, 11) is 0. The maximum absolute atomic E-state index is 11.3. The van der Waals surface area contributed by atoms with E-state index in [9.17, 15) is 4.79 Å². The van der Waals surface area contributed by atoms with Gasteiger partial charge in [-0.2, -0.15) is 0 Å². The van der Waals surface area contributed by atoms with Crippen molar-refractivity contribution >= 4 is 5.91 Å². The lowest BCUT2D eigenvalue weighted by Crippen LogP contribution is -2.29. The third-order valence-electron chi connectivity index (χ3n) is 3.05. The second kappa shape index (κ2) is 4.25. The SMILES string of the molecule is O=C1CCNC(c2cccc3c2OCO3)CN1. The molecule has 0 aliphatic carbocycles. The quantitative estimate of drug-likeness (QED) is 0.745. The Morgan fingerprint density at radius 3 is 3.18 bits per heavy atom. The van der Waals surface area contributed by atoms with Crippen molar-refractivity contribution in [2.24, 2.45) is 0 Å². The molecule has 2 aliphatic rings. The number of carbonyl (C=O) groups excluding carboxylic acids is 1. The monoisotopic (exact) mass is 234 g/mol. The van der Waals surface area contributed by atoms with Crippen LogP contribution in [0.3, 0.4) is 0 Å². The number of hydrogen-bond acceptors (Lipinski definition) is 4. The molecule has 1 unspecified atom stereocenters. The van der Waals surface area contributed by atoms with Gasteiger partial charge < -0.3 is 20.1 Å². The average Bonchev–Trinajstić information content (AvgIpc) is 2.72. The molecule has 0 bridgehead atoms. The molecular formula is C12H14N2O3. The number of para-hydroxylation sites is 1. The van der Waals surface area contributed by atoms with Gasteiger partial charge >= 0.3 is 0 Å². The predicted octanol–water partition coefficient (Wildman–Crippen LogP) is 0.566. The number of rotatable bonds is 1. The number of fused-ring (bicyclic) bond motifs is 1. The molecular weight excluding hydrogens is 220 g/mol. The molecule has 1 amide bonds. The summed E-state index contributed by atoms with van der Waals surface area (Å²) in [6, 6.07) is 5.92. The van der Waals surface area contributed by atoms with E-state index in [1.165, 1.54) is 0 Å². The van der Waals surface area contributed by atoms with E-state index >= 15 is 0 Å². The summed E-state index contributed by atoms with van der Waals surface area (Å²) < 4.78 is 10.8. The van der Waals surface area contributed by atoms with Gasteiger partial charge in [0.15, 0.2) is 11.5 Å². The van der Waals surface area contributed by atoms with Gasteiger partial charge in [0.2, 0.25) is 12.7 Å². The van der Waals surface area contributed by atoms with Crippen LogP contribution in [0.15, 0.2) is 18.2 Å². The Bertz CT molecular complexity index is 447. The van der Waals surface area contributed by atoms with Gasteiger partial charge in [0.1, 0.15) is 0 Å². The number of ether oxygens (including phenoxy) is 2. The van der Waals surface area contributed by atoms with Crippen LogP contribution < -0.4 is 20.1 Å². The van der Waals surface area contributed by atoms with Crippen molar-refractivity contribution in [1.29, 1.82) is 0 Å². The third-order valence-corrected chi connectivity index (χ3v) is 3.05. The minimum atomic E-state index is 0.0816. The molecule has 5 heteroatoms. The lowest BCUT2D eigenvalue weighted by atomic mass is 10.1. The fourth-order valence-corrected chi connectivity index (χ4v) is 2.18. The Balaban J connectivity index is 1.88. The second-order valence-corrected chi connectivity index (χ2v) is 4.14. The summed E-state index contributed by atoms with van der Waals surface area (Å²) in [6.45, 7) is 1.53. The Labute approximate surface area is 99.1 Å². The standard InChI is InChI=1S/C12H14N2O3/c15-11-4-5-13-9(6-14-11)8-2-1-3-10-12(8)17-7-16-10/h1-3,9,13H,4-7H2,(H,14,15). The zero-order chi connectivity index (χ0) is 11.7. The summed E-state index contributed by atoms with van der Waals surface area (Å²) in [4.78, 5) is 11.3. The zero-order valence-corrected chi connectivity index (χ0v) is 9.36. The van der Waals surface area contributed by atoms with Crippen LogP contribution in [0.5, 0.6) is 11.5 Å². The number of carbonyl (C=O) groups is 1. The predicted molar refractivity (Wildman–Crippen MR) is 60.9 cm³/mol. The molecule has 1 aromatic carbocycles. The molecule has 5 nitrogen and oxygen atoms in total. The summed E-state index contributed by atoms with van der Waals surface area (Å²) in [5.41, 5.74) is 1.04. The number of hydrogen-bond donors (Lipinski definition) is 2. The van der Waals surface area contributed by atoms with Crippen LogP contribution in [0.25, 0.3) is 0 Å². The van der Waals surface area contributed by atoms with Crippen LogP contribution in [0.4, 0.5) is 0 Å². The molecule has 0 saturated carbocycles. The van der Waals surface area contributed by atoms with Crippen molar-refractivity contribution in [3.63, 3.8) is 0 Å². The highest BCUT2D eigenvalue weighted by Crippen LogP contribution is 2.38. The van der Waals surface area contributed by atoms with Crippen LogP contribution in [0, 0.1) is 0 Å². The van der Waals surface area contributed by atoms with Crippen LogP contribution in [-0.4, -0.2) is 25.8 Å². The molecule has 1 fully saturated rings. The van der Waals surface area contributed by atoms with Crippen LogP contribution >= 0.6 is 0 Å². The molecule has 90 valence electrons. The molecule has 1 aromatic rings. The molecule has 2 N–H and O–H groups in total. The summed E-state index contributed by atoms with van der Waals surface area (Å²) in [5.74, 6) is 1.66. The first-order chi connectivity index (χ1) is 8.34. The minimum Gasteiger partial charge on any atom is -0.454 e. The van der Waals surface area contributed by atoms with Crippen LogP contribution in [0.2, 0.25) is 0 Å². The Kier molecular flexibility index (Phi) is 2.60. The number of nitrogens with one attached hydrogen (secondary N) is 2. The highest BCUT2D eigenvalue weighted by atomic mass is 16.7. The fourth-order valence-electron chi connectivity index (χ4n) is 2.18. The highest BCUT2D eigenvalue weighted by Gasteiger charge is 2.24. The molecule has 1 atom stereocenters. The van der Waals surface area contributed by atoms with Crippen molar-refractivity contribution < 1.29 is 14.3 Å². The van der Waals surface area contributed by atoms with E-state index < -0.39 is 0 Å². The number of benzene rings is 1. The third kappa shape index (κ3) is 1.93. The molecule has 0 spiro atoms. The maximum atomic E-state index is 11.3. The van der Waals surface area contributed by atoms with E-state index in [0.29, 0.717) is 19.5 Å². The normalized spacial score (nSPS) is 23.1. The number of amides is 1. The summed E-state index contributed by atoms with van der Waals surface area (Å²) in [5, 5.41) is 6.23. The Morgan fingerprint density at radius 1 is 1.29 bits per heavy atom. The lowest BCUT2D eigenvalue weighted by Gasteiger charge is -2.17. The summed E-state index contributed by atoms with van der Waals surface area (Å²) in [6.07, 6.45) is 0.517. The topological polar surface area (TPSA) is 59.6 Å². The van der Waals surface area contributed by atoms with Crippen molar-refractivity contribution in [2.75, 3.05) is 19.9 Å². The van der Waals surface area contributed by atoms with Crippen LogP contribution in [0.1, 0.15) is 18.0 Å². The van der Waals surface area contributed by atoms with Gasteiger partial charge in [0.25, 0.3) is 0 Å². The van der Waals surface area contributed by atoms with Crippen molar-refractivity contribution in [3.8, 4) is 11.5 Å². The highest BCUT2D eigenvalue weighted by molar-refractivity contribution is 5.76. The van der Waals surface area contributed by atoms with Crippen LogP contribution in [-0.2, 0) is 4.79 Å². The van der Waals surface area contributed by atoms with E-state index in [1.807, 2.05) is 18.2 Å². The fraction of sp³-hybridized carbons (Fsp3) is 0.417. The van der Waals surface area contributed by atoms with E-state index in [1.54, 1.807) is 0 Å². The first-order valence-corrected chi connectivity index (χ1v) is 5.73. The van der Waals surface area contributed by atoms with Crippen molar-refractivity contribution in [3.05, 3.63) is 23.8 Å². The van der Waals surface area contributed by atoms with Gasteiger partial charge in [-0.3, -0.25) is 4.79 Å². The lowest BCUT2D eigenvalue weighted by molar-refractivity contribution is -0.120. The van der Waals surface area contributed by atoms with Gasteiger partial charge in [-0.25, -0.2) is 0 Å².